The second-order valence-corrected chi connectivity index (χ2v) is 5.59. The zero-order valence-electron chi connectivity index (χ0n) is 10.7. The molecular weight excluding hydrogens is 236 g/mol. The minimum absolute atomic E-state index is 0.0646. The van der Waals surface area contributed by atoms with Gasteiger partial charge in [0.15, 0.2) is 0 Å². The number of amides is 1. The van der Waals surface area contributed by atoms with Gasteiger partial charge in [-0.25, -0.2) is 0 Å². The van der Waals surface area contributed by atoms with Crippen molar-refractivity contribution >= 4 is 17.5 Å². The van der Waals surface area contributed by atoms with Gasteiger partial charge in [-0.05, 0) is 17.4 Å². The minimum Gasteiger partial charge on any atom is -0.351 e. The van der Waals surface area contributed by atoms with E-state index < -0.39 is 0 Å². The van der Waals surface area contributed by atoms with Gasteiger partial charge in [-0.3, -0.25) is 9.78 Å². The fourth-order valence-electron chi connectivity index (χ4n) is 1.17. The topological polar surface area (TPSA) is 42.0 Å². The summed E-state index contributed by atoms with van der Waals surface area (Å²) in [6, 6.07) is 1.63. The number of pyridine rings is 1. The van der Waals surface area contributed by atoms with Crippen LogP contribution >= 0.6 is 11.6 Å². The van der Waals surface area contributed by atoms with Gasteiger partial charge in [-0.1, -0.05) is 39.3 Å². The van der Waals surface area contributed by atoms with E-state index in [2.05, 4.69) is 38.0 Å². The molecular formula is C13H19ClN2O. The standard InChI is InChI=1S/C13H19ClN2O/c1-9(2)13(3,4)8-16-12(17)10-5-6-15-7-11(10)14/h5-7,9H,8H2,1-4H3,(H,16,17). The first-order valence-electron chi connectivity index (χ1n) is 5.72. The molecule has 1 rings (SSSR count). The highest BCUT2D eigenvalue weighted by Gasteiger charge is 2.23. The second-order valence-electron chi connectivity index (χ2n) is 5.18. The van der Waals surface area contributed by atoms with Crippen molar-refractivity contribution in [3.8, 4) is 0 Å². The molecule has 0 aromatic carbocycles. The van der Waals surface area contributed by atoms with Gasteiger partial charge < -0.3 is 5.32 Å². The summed E-state index contributed by atoms with van der Waals surface area (Å²) in [4.78, 5) is 15.8. The number of hydrogen-bond acceptors (Lipinski definition) is 2. The predicted molar refractivity (Wildman–Crippen MR) is 70.2 cm³/mol. The molecule has 0 aliphatic rings. The lowest BCUT2D eigenvalue weighted by Gasteiger charge is -2.29. The Bertz CT molecular complexity index is 402. The summed E-state index contributed by atoms with van der Waals surface area (Å²) in [5, 5.41) is 3.29. The Labute approximate surface area is 108 Å². The molecule has 0 atom stereocenters. The van der Waals surface area contributed by atoms with Crippen LogP contribution in [0.4, 0.5) is 0 Å². The van der Waals surface area contributed by atoms with Crippen LogP contribution in [-0.4, -0.2) is 17.4 Å². The maximum absolute atomic E-state index is 11.9. The van der Waals surface area contributed by atoms with Crippen molar-refractivity contribution in [2.24, 2.45) is 11.3 Å². The molecule has 0 radical (unpaired) electrons. The maximum atomic E-state index is 11.9. The van der Waals surface area contributed by atoms with Crippen LogP contribution in [0, 0.1) is 11.3 Å². The van der Waals surface area contributed by atoms with Gasteiger partial charge in [-0.15, -0.1) is 0 Å². The van der Waals surface area contributed by atoms with Crippen LogP contribution in [0.25, 0.3) is 0 Å². The van der Waals surface area contributed by atoms with Gasteiger partial charge >= 0.3 is 0 Å². The third kappa shape index (κ3) is 3.70. The van der Waals surface area contributed by atoms with Crippen molar-refractivity contribution in [3.63, 3.8) is 0 Å². The fourth-order valence-corrected chi connectivity index (χ4v) is 1.37. The van der Waals surface area contributed by atoms with E-state index in [0.29, 0.717) is 23.0 Å². The zero-order chi connectivity index (χ0) is 13.1. The van der Waals surface area contributed by atoms with E-state index in [4.69, 9.17) is 11.6 Å². The van der Waals surface area contributed by atoms with E-state index >= 15 is 0 Å². The van der Waals surface area contributed by atoms with Crippen LogP contribution in [0.1, 0.15) is 38.1 Å². The van der Waals surface area contributed by atoms with E-state index in [9.17, 15) is 4.79 Å². The maximum Gasteiger partial charge on any atom is 0.252 e. The van der Waals surface area contributed by atoms with E-state index in [1.54, 1.807) is 12.3 Å². The number of carbonyl (C=O) groups is 1. The lowest BCUT2D eigenvalue weighted by atomic mass is 9.81. The predicted octanol–water partition coefficient (Wildman–Crippen LogP) is 3.15. The van der Waals surface area contributed by atoms with Crippen molar-refractivity contribution < 1.29 is 4.79 Å². The highest BCUT2D eigenvalue weighted by Crippen LogP contribution is 2.25. The molecule has 94 valence electrons. The summed E-state index contributed by atoms with van der Waals surface area (Å²) in [7, 11) is 0. The van der Waals surface area contributed by atoms with Crippen molar-refractivity contribution in [2.45, 2.75) is 27.7 Å². The average molecular weight is 255 g/mol. The third-order valence-electron chi connectivity index (χ3n) is 3.28. The molecule has 1 heterocycles. The number of halogens is 1. The fraction of sp³-hybridized carbons (Fsp3) is 0.538. The zero-order valence-corrected chi connectivity index (χ0v) is 11.5. The number of nitrogens with one attached hydrogen (secondary N) is 1. The van der Waals surface area contributed by atoms with Crippen LogP contribution in [0.3, 0.4) is 0 Å². The Morgan fingerprint density at radius 3 is 2.71 bits per heavy atom. The van der Waals surface area contributed by atoms with Gasteiger partial charge in [-0.2, -0.15) is 0 Å². The van der Waals surface area contributed by atoms with Gasteiger partial charge in [0.1, 0.15) is 0 Å². The first-order valence-corrected chi connectivity index (χ1v) is 6.10. The molecule has 0 aliphatic carbocycles. The van der Waals surface area contributed by atoms with Crippen LogP contribution in [0.15, 0.2) is 18.5 Å². The number of aromatic nitrogens is 1. The van der Waals surface area contributed by atoms with Crippen molar-refractivity contribution in [2.75, 3.05) is 6.54 Å². The van der Waals surface area contributed by atoms with Crippen LogP contribution < -0.4 is 5.32 Å². The smallest absolute Gasteiger partial charge is 0.252 e. The highest BCUT2D eigenvalue weighted by molar-refractivity contribution is 6.33. The summed E-state index contributed by atoms with van der Waals surface area (Å²) in [6.07, 6.45) is 3.04. The van der Waals surface area contributed by atoms with Gasteiger partial charge in [0.2, 0.25) is 0 Å². The van der Waals surface area contributed by atoms with E-state index in [0.717, 1.165) is 0 Å². The van der Waals surface area contributed by atoms with E-state index in [1.807, 2.05) is 0 Å². The Balaban J connectivity index is 2.66. The lowest BCUT2D eigenvalue weighted by molar-refractivity contribution is 0.0925. The van der Waals surface area contributed by atoms with Crippen LogP contribution in [0.2, 0.25) is 5.02 Å². The van der Waals surface area contributed by atoms with Gasteiger partial charge in [0, 0.05) is 18.9 Å². The molecule has 4 heteroatoms. The SMILES string of the molecule is CC(C)C(C)(C)CNC(=O)c1ccncc1Cl. The molecule has 0 unspecified atom stereocenters. The Kier molecular flexibility index (Phi) is 4.52. The summed E-state index contributed by atoms with van der Waals surface area (Å²) < 4.78 is 0. The molecule has 0 saturated heterocycles. The Hall–Kier alpha value is -1.09. The largest absolute Gasteiger partial charge is 0.351 e. The molecule has 1 N–H and O–H groups in total. The highest BCUT2D eigenvalue weighted by atomic mass is 35.5. The summed E-state index contributed by atoms with van der Waals surface area (Å²) in [6.45, 7) is 9.18. The van der Waals surface area contributed by atoms with E-state index in [-0.39, 0.29) is 11.3 Å². The minimum atomic E-state index is -0.147. The molecule has 0 bridgehead atoms. The van der Waals surface area contributed by atoms with Crippen molar-refractivity contribution in [1.82, 2.24) is 10.3 Å². The molecule has 1 aromatic heterocycles. The first-order chi connectivity index (χ1) is 7.84. The number of rotatable bonds is 4. The second kappa shape index (κ2) is 5.50. The molecule has 0 aliphatic heterocycles. The van der Waals surface area contributed by atoms with Crippen LogP contribution in [0.5, 0.6) is 0 Å². The molecule has 0 spiro atoms. The summed E-state index contributed by atoms with van der Waals surface area (Å²) in [5.74, 6) is 0.349. The quantitative estimate of drug-likeness (QED) is 0.897. The number of hydrogen-bond donors (Lipinski definition) is 1. The lowest BCUT2D eigenvalue weighted by Crippen LogP contribution is -2.37. The Morgan fingerprint density at radius 2 is 2.18 bits per heavy atom. The molecule has 17 heavy (non-hydrogen) atoms. The van der Waals surface area contributed by atoms with Crippen LogP contribution in [-0.2, 0) is 0 Å². The first kappa shape index (κ1) is 14.0. The van der Waals surface area contributed by atoms with E-state index in [1.165, 1.54) is 6.20 Å². The number of carbonyl (C=O) groups excluding carboxylic acids is 1. The molecule has 0 saturated carbocycles. The van der Waals surface area contributed by atoms with Gasteiger partial charge in [0.05, 0.1) is 10.6 Å². The summed E-state index contributed by atoms with van der Waals surface area (Å²) >= 11 is 5.91. The number of nitrogens with zero attached hydrogens (tertiary/aromatic N) is 1. The Morgan fingerprint density at radius 1 is 1.53 bits per heavy atom. The monoisotopic (exact) mass is 254 g/mol. The van der Waals surface area contributed by atoms with Crippen molar-refractivity contribution in [3.05, 3.63) is 29.0 Å². The molecule has 1 amide bonds. The third-order valence-corrected chi connectivity index (χ3v) is 3.59. The van der Waals surface area contributed by atoms with Crippen molar-refractivity contribution in [1.29, 1.82) is 0 Å². The summed E-state index contributed by atoms with van der Waals surface area (Å²) in [5.41, 5.74) is 0.538. The average Bonchev–Trinajstić information content (AvgIpc) is 2.26. The molecule has 0 fully saturated rings. The molecule has 3 nitrogen and oxygen atoms in total. The normalized spacial score (nSPS) is 11.6. The molecule has 1 aromatic rings. The van der Waals surface area contributed by atoms with Gasteiger partial charge in [0.25, 0.3) is 5.91 Å².